The summed E-state index contributed by atoms with van der Waals surface area (Å²) in [6, 6.07) is 0. The number of hydrogen-bond acceptors (Lipinski definition) is 3. The summed E-state index contributed by atoms with van der Waals surface area (Å²) in [5.74, 6) is -1.10. The Balaban J connectivity index is 1.55. The Bertz CT molecular complexity index is 644. The summed E-state index contributed by atoms with van der Waals surface area (Å²) in [6.45, 7) is 3.41. The lowest BCUT2D eigenvalue weighted by atomic mass is 10.0. The number of carbonyl (C=O) groups is 2. The Labute approximate surface area is 180 Å². The molecule has 2 heterocycles. The van der Waals surface area contributed by atoms with Crippen molar-refractivity contribution < 1.29 is 18.7 Å². The van der Waals surface area contributed by atoms with Gasteiger partial charge in [-0.1, -0.05) is 71.1 Å². The van der Waals surface area contributed by atoms with Crippen LogP contribution in [0.5, 0.6) is 0 Å². The van der Waals surface area contributed by atoms with E-state index < -0.39 is 11.8 Å². The van der Waals surface area contributed by atoms with E-state index in [0.29, 0.717) is 31.5 Å². The van der Waals surface area contributed by atoms with Crippen molar-refractivity contribution in [3.63, 3.8) is 0 Å². The number of hydrogen-bond donors (Lipinski definition) is 1. The number of ether oxygens (including phenoxy) is 1. The van der Waals surface area contributed by atoms with E-state index in [0.717, 1.165) is 19.3 Å². The van der Waals surface area contributed by atoms with E-state index in [4.69, 9.17) is 4.74 Å². The molecule has 1 N–H and O–H groups in total. The molecule has 0 saturated carbocycles. The van der Waals surface area contributed by atoms with Gasteiger partial charge in [0.25, 0.3) is 0 Å². The van der Waals surface area contributed by atoms with E-state index in [1.54, 1.807) is 11.1 Å². The van der Waals surface area contributed by atoms with Gasteiger partial charge < -0.3 is 14.6 Å². The fraction of sp³-hybridized carbons (Fsp3) is 0.750. The molecule has 2 rings (SSSR count). The average Bonchev–Trinajstić information content (AvgIpc) is 3.31. The van der Waals surface area contributed by atoms with Crippen molar-refractivity contribution in [1.29, 1.82) is 0 Å². The second kappa shape index (κ2) is 14.2. The molecule has 0 unspecified atom stereocenters. The summed E-state index contributed by atoms with van der Waals surface area (Å²) in [4.78, 5) is 28.0. The lowest BCUT2D eigenvalue weighted by Gasteiger charge is -2.14. The number of aromatic nitrogens is 1. The largest absolute Gasteiger partial charge is 0.459 e. The number of esters is 1. The second-order valence-corrected chi connectivity index (χ2v) is 8.41. The van der Waals surface area contributed by atoms with Gasteiger partial charge in [-0.25, -0.2) is 9.18 Å². The highest BCUT2D eigenvalue weighted by atomic mass is 19.1. The maximum absolute atomic E-state index is 14.5. The number of halogens is 1. The molecule has 1 aliphatic heterocycles. The van der Waals surface area contributed by atoms with Gasteiger partial charge in [-0.3, -0.25) is 4.79 Å². The SMILES string of the molecule is CCCCCCCCCCCCCc1c[nH]c(C(=O)OCCN2CCCC2=O)c1F. The van der Waals surface area contributed by atoms with Gasteiger partial charge in [0.15, 0.2) is 11.5 Å². The molecule has 1 amide bonds. The van der Waals surface area contributed by atoms with E-state index in [9.17, 15) is 14.0 Å². The quantitative estimate of drug-likeness (QED) is 0.271. The first-order valence-corrected chi connectivity index (χ1v) is 11.9. The molecule has 30 heavy (non-hydrogen) atoms. The van der Waals surface area contributed by atoms with Crippen molar-refractivity contribution in [2.75, 3.05) is 19.7 Å². The van der Waals surface area contributed by atoms with Crippen LogP contribution >= 0.6 is 0 Å². The molecule has 170 valence electrons. The first-order valence-electron chi connectivity index (χ1n) is 11.9. The van der Waals surface area contributed by atoms with E-state index in [2.05, 4.69) is 11.9 Å². The number of nitrogens with zero attached hydrogens (tertiary/aromatic N) is 1. The van der Waals surface area contributed by atoms with E-state index >= 15 is 0 Å². The van der Waals surface area contributed by atoms with Crippen LogP contribution in [0.4, 0.5) is 4.39 Å². The molecule has 1 aromatic rings. The predicted molar refractivity (Wildman–Crippen MR) is 117 cm³/mol. The summed E-state index contributed by atoms with van der Waals surface area (Å²) >= 11 is 0. The molecule has 1 aromatic heterocycles. The number of unbranched alkanes of at least 4 members (excludes halogenated alkanes) is 10. The number of carbonyl (C=O) groups excluding carboxylic acids is 2. The van der Waals surface area contributed by atoms with Crippen molar-refractivity contribution in [3.05, 3.63) is 23.3 Å². The molecule has 0 spiro atoms. The topological polar surface area (TPSA) is 62.4 Å². The molecular formula is C24H39FN2O3. The van der Waals surface area contributed by atoms with Crippen molar-refractivity contribution >= 4 is 11.9 Å². The minimum Gasteiger partial charge on any atom is -0.459 e. The van der Waals surface area contributed by atoms with Crippen LogP contribution in [-0.2, 0) is 16.0 Å². The standard InChI is InChI=1S/C24H39FN2O3/c1-2-3-4-5-6-7-8-9-10-11-12-14-20-19-26-23(22(20)25)24(29)30-18-17-27-16-13-15-21(27)28/h19,26H,2-18H2,1H3. The maximum Gasteiger partial charge on any atom is 0.357 e. The third-order valence-corrected chi connectivity index (χ3v) is 5.91. The van der Waals surface area contributed by atoms with Gasteiger partial charge in [-0.2, -0.15) is 0 Å². The molecule has 0 bridgehead atoms. The van der Waals surface area contributed by atoms with Crippen LogP contribution < -0.4 is 0 Å². The average molecular weight is 423 g/mol. The Hall–Kier alpha value is -1.85. The molecule has 1 saturated heterocycles. The molecule has 1 fully saturated rings. The lowest BCUT2D eigenvalue weighted by Crippen LogP contribution is -2.29. The lowest BCUT2D eigenvalue weighted by molar-refractivity contribution is -0.128. The molecule has 6 heteroatoms. The van der Waals surface area contributed by atoms with Gasteiger partial charge in [-0.05, 0) is 19.3 Å². The van der Waals surface area contributed by atoms with Crippen molar-refractivity contribution in [2.24, 2.45) is 0 Å². The van der Waals surface area contributed by atoms with Crippen molar-refractivity contribution in [2.45, 2.75) is 96.8 Å². The van der Waals surface area contributed by atoms with E-state index in [1.165, 1.54) is 57.8 Å². The van der Waals surface area contributed by atoms with Gasteiger partial charge in [0.1, 0.15) is 6.61 Å². The summed E-state index contributed by atoms with van der Waals surface area (Å²) in [7, 11) is 0. The number of aromatic amines is 1. The minimum absolute atomic E-state index is 0.0892. The van der Waals surface area contributed by atoms with Crippen LogP contribution in [0.25, 0.3) is 0 Å². The van der Waals surface area contributed by atoms with Gasteiger partial charge in [0.2, 0.25) is 5.91 Å². The van der Waals surface area contributed by atoms with Crippen LogP contribution in [0.2, 0.25) is 0 Å². The molecule has 0 atom stereocenters. The Morgan fingerprint density at radius 2 is 1.70 bits per heavy atom. The number of H-pyrrole nitrogens is 1. The van der Waals surface area contributed by atoms with Gasteiger partial charge >= 0.3 is 5.97 Å². The van der Waals surface area contributed by atoms with E-state index in [1.807, 2.05) is 0 Å². The number of amides is 1. The second-order valence-electron chi connectivity index (χ2n) is 8.41. The Morgan fingerprint density at radius 1 is 1.07 bits per heavy atom. The molecule has 5 nitrogen and oxygen atoms in total. The fourth-order valence-corrected chi connectivity index (χ4v) is 4.02. The molecule has 1 aliphatic rings. The zero-order chi connectivity index (χ0) is 21.6. The number of nitrogens with one attached hydrogen (secondary N) is 1. The number of aryl methyl sites for hydroxylation is 1. The van der Waals surface area contributed by atoms with Crippen LogP contribution in [0.3, 0.4) is 0 Å². The van der Waals surface area contributed by atoms with Crippen LogP contribution in [0.15, 0.2) is 6.20 Å². The van der Waals surface area contributed by atoms with Crippen LogP contribution in [0.1, 0.15) is 106 Å². The summed E-state index contributed by atoms with van der Waals surface area (Å²) in [5.41, 5.74) is 0.438. The Morgan fingerprint density at radius 3 is 2.30 bits per heavy atom. The van der Waals surface area contributed by atoms with Gasteiger partial charge in [0.05, 0.1) is 6.54 Å². The number of likely N-dealkylation sites (tertiary alicyclic amines) is 1. The third-order valence-electron chi connectivity index (χ3n) is 5.91. The predicted octanol–water partition coefficient (Wildman–Crippen LogP) is 5.79. The highest BCUT2D eigenvalue weighted by molar-refractivity contribution is 5.88. The summed E-state index contributed by atoms with van der Waals surface area (Å²) in [6.07, 6.45) is 17.4. The van der Waals surface area contributed by atoms with Crippen LogP contribution in [-0.4, -0.2) is 41.5 Å². The van der Waals surface area contributed by atoms with E-state index in [-0.39, 0.29) is 18.2 Å². The maximum atomic E-state index is 14.5. The molecule has 0 aromatic carbocycles. The smallest absolute Gasteiger partial charge is 0.357 e. The van der Waals surface area contributed by atoms with Gasteiger partial charge in [-0.15, -0.1) is 0 Å². The monoisotopic (exact) mass is 422 g/mol. The Kier molecular flexibility index (Phi) is 11.6. The fourth-order valence-electron chi connectivity index (χ4n) is 4.02. The zero-order valence-electron chi connectivity index (χ0n) is 18.6. The first-order chi connectivity index (χ1) is 14.6. The number of rotatable bonds is 16. The van der Waals surface area contributed by atoms with Gasteiger partial charge in [0, 0.05) is 24.7 Å². The summed E-state index contributed by atoms with van der Waals surface area (Å²) < 4.78 is 19.6. The zero-order valence-corrected chi connectivity index (χ0v) is 18.6. The highest BCUT2D eigenvalue weighted by Gasteiger charge is 2.22. The molecule has 0 radical (unpaired) electrons. The molecule has 0 aliphatic carbocycles. The first kappa shape index (κ1) is 24.4. The summed E-state index contributed by atoms with van der Waals surface area (Å²) in [5, 5.41) is 0. The van der Waals surface area contributed by atoms with Crippen LogP contribution in [0, 0.1) is 5.82 Å². The normalized spacial score (nSPS) is 13.9. The third kappa shape index (κ3) is 8.49. The molecular weight excluding hydrogens is 383 g/mol. The minimum atomic E-state index is -0.690. The van der Waals surface area contributed by atoms with Crippen molar-refractivity contribution in [3.8, 4) is 0 Å². The van der Waals surface area contributed by atoms with Crippen molar-refractivity contribution in [1.82, 2.24) is 9.88 Å². The highest BCUT2D eigenvalue weighted by Crippen LogP contribution is 2.18.